The van der Waals surface area contributed by atoms with Gasteiger partial charge in [-0.2, -0.15) is 0 Å². The molecule has 0 bridgehead atoms. The summed E-state index contributed by atoms with van der Waals surface area (Å²) in [6, 6.07) is 5.51. The van der Waals surface area contributed by atoms with Gasteiger partial charge in [-0.3, -0.25) is 14.4 Å². The van der Waals surface area contributed by atoms with Crippen LogP contribution in [0.1, 0.15) is 45.0 Å². The van der Waals surface area contributed by atoms with E-state index in [1.54, 1.807) is 13.0 Å². The van der Waals surface area contributed by atoms with Crippen molar-refractivity contribution in [3.8, 4) is 0 Å². The number of benzene rings is 1. The maximum absolute atomic E-state index is 13.1. The number of aromatic nitrogens is 2. The van der Waals surface area contributed by atoms with E-state index in [1.807, 2.05) is 21.9 Å². The average Bonchev–Trinajstić information content (AvgIpc) is 3.29. The summed E-state index contributed by atoms with van der Waals surface area (Å²) >= 11 is 1.05. The normalized spacial score (nSPS) is 18.8. The SMILES string of the molecule is Cc1nnsc1C(=O)Nc1cc(C(=O)N2CCNCC2)ccc1N1CCN(C(=O)C2CCC2)CC1. The van der Waals surface area contributed by atoms with E-state index in [4.69, 9.17) is 0 Å². The molecule has 10 nitrogen and oxygen atoms in total. The van der Waals surface area contributed by atoms with E-state index < -0.39 is 0 Å². The van der Waals surface area contributed by atoms with Crippen LogP contribution in [0, 0.1) is 12.8 Å². The molecule has 35 heavy (non-hydrogen) atoms. The Bertz CT molecular complexity index is 1100. The Morgan fingerprint density at radius 2 is 1.77 bits per heavy atom. The summed E-state index contributed by atoms with van der Waals surface area (Å²) in [6.07, 6.45) is 3.15. The zero-order chi connectivity index (χ0) is 24.4. The largest absolute Gasteiger partial charge is 0.366 e. The van der Waals surface area contributed by atoms with Crippen LogP contribution in [0.5, 0.6) is 0 Å². The van der Waals surface area contributed by atoms with Crippen molar-refractivity contribution in [2.45, 2.75) is 26.2 Å². The molecule has 2 aromatic rings. The number of aryl methyl sites for hydroxylation is 1. The van der Waals surface area contributed by atoms with E-state index >= 15 is 0 Å². The van der Waals surface area contributed by atoms with Crippen LogP contribution in [0.3, 0.4) is 0 Å². The lowest BCUT2D eigenvalue weighted by Crippen LogP contribution is -2.51. The molecule has 2 saturated heterocycles. The Morgan fingerprint density at radius 1 is 1.03 bits per heavy atom. The van der Waals surface area contributed by atoms with Gasteiger partial charge in [0.15, 0.2) is 0 Å². The third-order valence-electron chi connectivity index (χ3n) is 7.14. The van der Waals surface area contributed by atoms with E-state index in [0.29, 0.717) is 61.1 Å². The molecular weight excluding hydrogens is 466 g/mol. The second-order valence-electron chi connectivity index (χ2n) is 9.36. The Balaban J connectivity index is 1.36. The molecule has 11 heteroatoms. The molecule has 0 atom stereocenters. The molecule has 0 unspecified atom stereocenters. The highest BCUT2D eigenvalue weighted by Gasteiger charge is 2.32. The van der Waals surface area contributed by atoms with Crippen molar-refractivity contribution < 1.29 is 14.4 Å². The van der Waals surface area contributed by atoms with Crippen LogP contribution in [-0.2, 0) is 4.79 Å². The number of hydrogen-bond donors (Lipinski definition) is 2. The zero-order valence-electron chi connectivity index (χ0n) is 20.0. The van der Waals surface area contributed by atoms with E-state index in [-0.39, 0.29) is 23.6 Å². The van der Waals surface area contributed by atoms with Gasteiger partial charge in [0.05, 0.1) is 17.1 Å². The minimum atomic E-state index is -0.288. The van der Waals surface area contributed by atoms with Crippen molar-refractivity contribution in [1.29, 1.82) is 0 Å². The van der Waals surface area contributed by atoms with Gasteiger partial charge in [-0.15, -0.1) is 5.10 Å². The second kappa shape index (κ2) is 10.3. The van der Waals surface area contributed by atoms with Gasteiger partial charge in [0.2, 0.25) is 5.91 Å². The number of nitrogens with one attached hydrogen (secondary N) is 2. The molecule has 2 aliphatic heterocycles. The number of amides is 3. The molecule has 1 aliphatic carbocycles. The first-order chi connectivity index (χ1) is 17.0. The fourth-order valence-corrected chi connectivity index (χ4v) is 5.35. The molecule has 3 amide bonds. The van der Waals surface area contributed by atoms with Gasteiger partial charge >= 0.3 is 0 Å². The molecule has 3 aliphatic rings. The fraction of sp³-hybridized carbons (Fsp3) is 0.542. The maximum atomic E-state index is 13.1. The molecule has 3 fully saturated rings. The molecular formula is C24H31N7O3S. The van der Waals surface area contributed by atoms with Crippen LogP contribution in [-0.4, -0.2) is 89.5 Å². The number of rotatable bonds is 5. The smallest absolute Gasteiger partial charge is 0.269 e. The molecule has 1 aromatic carbocycles. The molecule has 3 heterocycles. The first-order valence-electron chi connectivity index (χ1n) is 12.3. The lowest BCUT2D eigenvalue weighted by atomic mass is 9.84. The van der Waals surface area contributed by atoms with E-state index in [1.165, 1.54) is 0 Å². The summed E-state index contributed by atoms with van der Waals surface area (Å²) in [4.78, 5) is 45.2. The highest BCUT2D eigenvalue weighted by molar-refractivity contribution is 7.08. The molecule has 1 aromatic heterocycles. The van der Waals surface area contributed by atoms with Gasteiger partial charge in [0, 0.05) is 63.8 Å². The van der Waals surface area contributed by atoms with Gasteiger partial charge in [0.1, 0.15) is 4.88 Å². The van der Waals surface area contributed by atoms with E-state index in [9.17, 15) is 14.4 Å². The van der Waals surface area contributed by atoms with Crippen LogP contribution in [0.15, 0.2) is 18.2 Å². The third-order valence-corrected chi connectivity index (χ3v) is 7.97. The van der Waals surface area contributed by atoms with Crippen LogP contribution in [0.25, 0.3) is 0 Å². The van der Waals surface area contributed by atoms with Gasteiger partial charge < -0.3 is 25.3 Å². The van der Waals surface area contributed by atoms with Crippen LogP contribution < -0.4 is 15.5 Å². The van der Waals surface area contributed by atoms with Gasteiger partial charge in [0.25, 0.3) is 11.8 Å². The van der Waals surface area contributed by atoms with Crippen LogP contribution in [0.4, 0.5) is 11.4 Å². The standard InChI is InChI=1S/C24H31N7O3S/c1-16-21(35-28-27-16)22(32)26-19-15-18(24(34)30-9-7-25-8-10-30)5-6-20(19)29-11-13-31(14-12-29)23(33)17-3-2-4-17/h5-6,15,17,25H,2-4,7-14H2,1H3,(H,26,32). The zero-order valence-corrected chi connectivity index (χ0v) is 20.8. The molecule has 186 valence electrons. The Kier molecular flexibility index (Phi) is 6.96. The van der Waals surface area contributed by atoms with Gasteiger partial charge in [-0.05, 0) is 49.5 Å². The number of piperazine rings is 2. The van der Waals surface area contributed by atoms with Crippen molar-refractivity contribution in [3.63, 3.8) is 0 Å². The summed E-state index contributed by atoms with van der Waals surface area (Å²) in [6.45, 7) is 7.27. The molecule has 0 radical (unpaired) electrons. The van der Waals surface area contributed by atoms with Gasteiger partial charge in [-0.25, -0.2) is 0 Å². The summed E-state index contributed by atoms with van der Waals surface area (Å²) in [7, 11) is 0. The average molecular weight is 498 g/mol. The van der Waals surface area contributed by atoms with Crippen LogP contribution in [0.2, 0.25) is 0 Å². The second-order valence-corrected chi connectivity index (χ2v) is 10.1. The lowest BCUT2D eigenvalue weighted by molar-refractivity contribution is -0.138. The quantitative estimate of drug-likeness (QED) is 0.645. The first-order valence-corrected chi connectivity index (χ1v) is 13.1. The number of carbonyl (C=O) groups is 3. The number of hydrogen-bond acceptors (Lipinski definition) is 8. The third kappa shape index (κ3) is 5.01. The minimum Gasteiger partial charge on any atom is -0.366 e. The lowest BCUT2D eigenvalue weighted by Gasteiger charge is -2.39. The maximum Gasteiger partial charge on any atom is 0.269 e. The van der Waals surface area contributed by atoms with Crippen molar-refractivity contribution in [2.75, 3.05) is 62.6 Å². The van der Waals surface area contributed by atoms with Gasteiger partial charge in [-0.1, -0.05) is 10.9 Å². The van der Waals surface area contributed by atoms with Crippen molar-refractivity contribution in [3.05, 3.63) is 34.3 Å². The number of nitrogens with zero attached hydrogens (tertiary/aromatic N) is 5. The molecule has 1 saturated carbocycles. The molecule has 0 spiro atoms. The van der Waals surface area contributed by atoms with Crippen LogP contribution >= 0.6 is 11.5 Å². The molecule has 5 rings (SSSR count). The summed E-state index contributed by atoms with van der Waals surface area (Å²) in [5.41, 5.74) is 2.55. The predicted octanol–water partition coefficient (Wildman–Crippen LogP) is 1.59. The Labute approximate surface area is 208 Å². The van der Waals surface area contributed by atoms with E-state index in [2.05, 4.69) is 25.1 Å². The topological polar surface area (TPSA) is 111 Å². The summed E-state index contributed by atoms with van der Waals surface area (Å²) < 4.78 is 3.87. The van der Waals surface area contributed by atoms with Crippen molar-refractivity contribution in [2.24, 2.45) is 5.92 Å². The summed E-state index contributed by atoms with van der Waals surface area (Å²) in [5.74, 6) is 0.141. The van der Waals surface area contributed by atoms with Crippen molar-refractivity contribution in [1.82, 2.24) is 24.7 Å². The fourth-order valence-electron chi connectivity index (χ4n) is 4.80. The Hall–Kier alpha value is -3.05. The monoisotopic (exact) mass is 497 g/mol. The number of anilines is 2. The van der Waals surface area contributed by atoms with Crippen molar-refractivity contribution >= 4 is 40.6 Å². The Morgan fingerprint density at radius 3 is 2.40 bits per heavy atom. The number of carbonyl (C=O) groups excluding carboxylic acids is 3. The highest BCUT2D eigenvalue weighted by Crippen LogP contribution is 2.32. The molecule has 2 N–H and O–H groups in total. The van der Waals surface area contributed by atoms with E-state index in [0.717, 1.165) is 49.6 Å². The summed E-state index contributed by atoms with van der Waals surface area (Å²) in [5, 5.41) is 10.2. The first kappa shape index (κ1) is 23.7. The highest BCUT2D eigenvalue weighted by atomic mass is 32.1. The predicted molar refractivity (Wildman–Crippen MR) is 134 cm³/mol. The minimum absolute atomic E-state index is 0.0416.